The molecule has 22 heavy (non-hydrogen) atoms. The van der Waals surface area contributed by atoms with Crippen LogP contribution < -0.4 is 10.1 Å². The van der Waals surface area contributed by atoms with E-state index in [2.05, 4.69) is 5.32 Å². The fourth-order valence-electron chi connectivity index (χ4n) is 2.78. The van der Waals surface area contributed by atoms with Crippen molar-refractivity contribution < 1.29 is 13.5 Å². The Morgan fingerprint density at radius 3 is 2.45 bits per heavy atom. The number of rotatable bonds is 4. The summed E-state index contributed by atoms with van der Waals surface area (Å²) in [7, 11) is 0. The molecule has 0 amide bonds. The molecule has 1 saturated heterocycles. The highest BCUT2D eigenvalue weighted by Gasteiger charge is 2.42. The minimum absolute atomic E-state index is 0.246. The number of nitrogens with one attached hydrogen (secondary N) is 1. The molecule has 0 aliphatic carbocycles. The smallest absolute Gasteiger partial charge is 0.267 e. The lowest BCUT2D eigenvalue weighted by atomic mass is 9.87. The maximum atomic E-state index is 13.9. The minimum atomic E-state index is -2.69. The quantitative estimate of drug-likeness (QED) is 0.922. The lowest BCUT2D eigenvalue weighted by Gasteiger charge is -2.32. The molecule has 4 heteroatoms. The first-order valence-electron chi connectivity index (χ1n) is 7.50. The first-order chi connectivity index (χ1) is 10.6. The molecule has 1 atom stereocenters. The number of hydrogen-bond donors (Lipinski definition) is 1. The Bertz CT molecular complexity index is 598. The van der Waals surface area contributed by atoms with Crippen LogP contribution in [0.25, 0.3) is 0 Å². The molecule has 2 aromatic carbocycles. The van der Waals surface area contributed by atoms with Gasteiger partial charge in [0.25, 0.3) is 5.92 Å². The summed E-state index contributed by atoms with van der Waals surface area (Å²) in [5.41, 5.74) is 1.76. The molecule has 0 radical (unpaired) electrons. The monoisotopic (exact) mass is 303 g/mol. The van der Waals surface area contributed by atoms with Crippen molar-refractivity contribution in [2.75, 3.05) is 13.1 Å². The van der Waals surface area contributed by atoms with E-state index in [0.717, 1.165) is 5.56 Å². The summed E-state index contributed by atoms with van der Waals surface area (Å²) in [5.74, 6) is -2.70. The molecule has 3 rings (SSSR count). The minimum Gasteiger partial charge on any atom is -0.489 e. The molecule has 1 aliphatic rings. The molecule has 1 fully saturated rings. The largest absolute Gasteiger partial charge is 0.489 e. The van der Waals surface area contributed by atoms with Crippen LogP contribution in [0.4, 0.5) is 8.78 Å². The normalized spacial score (nSPS) is 20.5. The average Bonchev–Trinajstić information content (AvgIpc) is 2.54. The molecule has 2 nitrogen and oxygen atoms in total. The standard InChI is InChI=1S/C18H19F2NO/c19-18(20)13-21-11-10-17(18)15-6-8-16(9-7-15)22-12-14-4-2-1-3-5-14/h1-9,17,21H,10-13H2/t17-/m0/s1. The summed E-state index contributed by atoms with van der Waals surface area (Å²) >= 11 is 0. The van der Waals surface area contributed by atoms with Crippen LogP contribution in [0.3, 0.4) is 0 Å². The van der Waals surface area contributed by atoms with Gasteiger partial charge in [-0.25, -0.2) is 8.78 Å². The van der Waals surface area contributed by atoms with Gasteiger partial charge in [-0.3, -0.25) is 0 Å². The summed E-state index contributed by atoms with van der Waals surface area (Å²) in [5, 5.41) is 2.75. The summed E-state index contributed by atoms with van der Waals surface area (Å²) < 4.78 is 33.5. The van der Waals surface area contributed by atoms with Crippen molar-refractivity contribution >= 4 is 0 Å². The van der Waals surface area contributed by atoms with Gasteiger partial charge in [0.15, 0.2) is 0 Å². The highest BCUT2D eigenvalue weighted by molar-refractivity contribution is 5.31. The molecule has 1 aliphatic heterocycles. The van der Waals surface area contributed by atoms with E-state index in [1.165, 1.54) is 0 Å². The lowest BCUT2D eigenvalue weighted by molar-refractivity contribution is -0.0420. The summed E-state index contributed by atoms with van der Waals surface area (Å²) in [6, 6.07) is 16.9. The molecule has 116 valence electrons. The Labute approximate surface area is 129 Å². The predicted octanol–water partition coefficient (Wildman–Crippen LogP) is 3.98. The van der Waals surface area contributed by atoms with E-state index >= 15 is 0 Å². The molecule has 0 saturated carbocycles. The van der Waals surface area contributed by atoms with E-state index in [-0.39, 0.29) is 6.54 Å². The fourth-order valence-corrected chi connectivity index (χ4v) is 2.78. The second-order valence-electron chi connectivity index (χ2n) is 5.62. The van der Waals surface area contributed by atoms with Crippen molar-refractivity contribution in [2.45, 2.75) is 24.9 Å². The number of halogens is 2. The van der Waals surface area contributed by atoms with Gasteiger partial charge in [-0.15, -0.1) is 0 Å². The van der Waals surface area contributed by atoms with Crippen LogP contribution in [-0.4, -0.2) is 19.0 Å². The average molecular weight is 303 g/mol. The second kappa shape index (κ2) is 6.44. The van der Waals surface area contributed by atoms with Crippen LogP contribution in [0, 0.1) is 0 Å². The van der Waals surface area contributed by atoms with Crippen LogP contribution in [0.1, 0.15) is 23.5 Å². The van der Waals surface area contributed by atoms with Crippen LogP contribution in [-0.2, 0) is 6.61 Å². The highest BCUT2D eigenvalue weighted by Crippen LogP contribution is 2.38. The van der Waals surface area contributed by atoms with Gasteiger partial charge < -0.3 is 10.1 Å². The Morgan fingerprint density at radius 2 is 1.77 bits per heavy atom. The maximum Gasteiger partial charge on any atom is 0.267 e. The second-order valence-corrected chi connectivity index (χ2v) is 5.62. The number of alkyl halides is 2. The zero-order valence-corrected chi connectivity index (χ0v) is 12.3. The van der Waals surface area contributed by atoms with E-state index < -0.39 is 11.8 Å². The van der Waals surface area contributed by atoms with Gasteiger partial charge in [-0.1, -0.05) is 42.5 Å². The van der Waals surface area contributed by atoms with E-state index in [0.29, 0.717) is 30.9 Å². The highest BCUT2D eigenvalue weighted by atomic mass is 19.3. The van der Waals surface area contributed by atoms with Crippen LogP contribution in [0.5, 0.6) is 5.75 Å². The molecule has 2 aromatic rings. The summed E-state index contributed by atoms with van der Waals surface area (Å²) in [4.78, 5) is 0. The van der Waals surface area contributed by atoms with E-state index in [9.17, 15) is 8.78 Å². The van der Waals surface area contributed by atoms with E-state index in [1.807, 2.05) is 30.3 Å². The van der Waals surface area contributed by atoms with Gasteiger partial charge in [-0.05, 0) is 36.2 Å². The first kappa shape index (κ1) is 15.0. The van der Waals surface area contributed by atoms with Crippen LogP contribution >= 0.6 is 0 Å². The Balaban J connectivity index is 1.65. The summed E-state index contributed by atoms with van der Waals surface area (Å²) in [6.45, 7) is 0.861. The Hall–Kier alpha value is -1.94. The zero-order valence-electron chi connectivity index (χ0n) is 12.3. The third kappa shape index (κ3) is 3.45. The van der Waals surface area contributed by atoms with Crippen molar-refractivity contribution in [3.05, 3.63) is 65.7 Å². The molecule has 1 heterocycles. The number of benzene rings is 2. The fraction of sp³-hybridized carbons (Fsp3) is 0.333. The zero-order chi connectivity index (χ0) is 15.4. The number of piperidine rings is 1. The molecule has 1 N–H and O–H groups in total. The Kier molecular flexibility index (Phi) is 4.39. The number of ether oxygens (including phenoxy) is 1. The predicted molar refractivity (Wildman–Crippen MR) is 82.4 cm³/mol. The first-order valence-corrected chi connectivity index (χ1v) is 7.50. The van der Waals surface area contributed by atoms with Gasteiger partial charge in [0, 0.05) is 0 Å². The molecule has 0 bridgehead atoms. The van der Waals surface area contributed by atoms with E-state index in [4.69, 9.17) is 4.74 Å². The van der Waals surface area contributed by atoms with Crippen LogP contribution in [0.2, 0.25) is 0 Å². The molecular formula is C18H19F2NO. The third-order valence-electron chi connectivity index (χ3n) is 4.01. The lowest BCUT2D eigenvalue weighted by Crippen LogP contribution is -2.44. The van der Waals surface area contributed by atoms with Crippen molar-refractivity contribution in [1.29, 1.82) is 0 Å². The van der Waals surface area contributed by atoms with Crippen molar-refractivity contribution in [2.24, 2.45) is 0 Å². The number of hydrogen-bond acceptors (Lipinski definition) is 2. The van der Waals surface area contributed by atoms with Gasteiger partial charge in [0.1, 0.15) is 12.4 Å². The van der Waals surface area contributed by atoms with Gasteiger partial charge in [0.05, 0.1) is 12.5 Å². The van der Waals surface area contributed by atoms with Gasteiger partial charge in [-0.2, -0.15) is 0 Å². The molecule has 0 aromatic heterocycles. The van der Waals surface area contributed by atoms with Gasteiger partial charge in [0.2, 0.25) is 0 Å². The summed E-state index contributed by atoms with van der Waals surface area (Å²) in [6.07, 6.45) is 0.456. The third-order valence-corrected chi connectivity index (χ3v) is 4.01. The van der Waals surface area contributed by atoms with Crippen molar-refractivity contribution in [3.8, 4) is 5.75 Å². The van der Waals surface area contributed by atoms with Gasteiger partial charge >= 0.3 is 0 Å². The van der Waals surface area contributed by atoms with Crippen LogP contribution in [0.15, 0.2) is 54.6 Å². The van der Waals surface area contributed by atoms with Crippen molar-refractivity contribution in [1.82, 2.24) is 5.32 Å². The van der Waals surface area contributed by atoms with Crippen molar-refractivity contribution in [3.63, 3.8) is 0 Å². The topological polar surface area (TPSA) is 21.3 Å². The molecule has 0 unspecified atom stereocenters. The molecular weight excluding hydrogens is 284 g/mol. The van der Waals surface area contributed by atoms with E-state index in [1.54, 1.807) is 24.3 Å². The Morgan fingerprint density at radius 1 is 1.05 bits per heavy atom. The SMILES string of the molecule is FC1(F)CNCC[C@H]1c1ccc(OCc2ccccc2)cc1. The molecule has 0 spiro atoms. The maximum absolute atomic E-state index is 13.9.